The number of nitrogens with zero attached hydrogens (tertiary/aromatic N) is 4. The molecule has 5 heteroatoms. The third-order valence-corrected chi connectivity index (χ3v) is 3.97. The molecule has 1 atom stereocenters. The first-order chi connectivity index (χ1) is 10.9. The van der Waals surface area contributed by atoms with Crippen LogP contribution in [0.1, 0.15) is 29.7 Å². The number of likely N-dealkylation sites (N-methyl/N-ethyl adjacent to an activating group) is 2. The number of aromatic nitrogens is 2. The molecule has 0 fully saturated rings. The van der Waals surface area contributed by atoms with E-state index in [2.05, 4.69) is 24.2 Å². The zero-order chi connectivity index (χ0) is 17.0. The molecule has 1 heterocycles. The summed E-state index contributed by atoms with van der Waals surface area (Å²) in [5.41, 5.74) is 3.26. The molecule has 0 bridgehead atoms. The lowest BCUT2D eigenvalue weighted by Gasteiger charge is -2.30. The number of hydrogen-bond acceptors (Lipinski definition) is 3. The second kappa shape index (κ2) is 7.42. The lowest BCUT2D eigenvalue weighted by atomic mass is 10.0. The maximum Gasteiger partial charge on any atom is 0.244 e. The van der Waals surface area contributed by atoms with Crippen molar-refractivity contribution in [2.45, 2.75) is 26.4 Å². The Bertz CT molecular complexity index is 645. The normalized spacial score (nSPS) is 12.4. The number of hydrogen-bond donors (Lipinski definition) is 0. The number of amides is 1. The van der Waals surface area contributed by atoms with Crippen LogP contribution in [0, 0.1) is 6.92 Å². The number of aryl methyl sites for hydroxylation is 2. The third-order valence-electron chi connectivity index (χ3n) is 3.97. The predicted octanol–water partition coefficient (Wildman–Crippen LogP) is 2.38. The number of carbonyl (C=O) groups excluding carboxylic acids is 1. The lowest BCUT2D eigenvalue weighted by Crippen LogP contribution is -2.40. The first-order valence-corrected chi connectivity index (χ1v) is 7.91. The van der Waals surface area contributed by atoms with Crippen molar-refractivity contribution in [1.29, 1.82) is 0 Å². The smallest absolute Gasteiger partial charge is 0.244 e. The first-order valence-electron chi connectivity index (χ1n) is 7.91. The van der Waals surface area contributed by atoms with E-state index < -0.39 is 0 Å². The summed E-state index contributed by atoms with van der Waals surface area (Å²) < 4.78 is 1.76. The van der Waals surface area contributed by atoms with Crippen molar-refractivity contribution in [3.8, 4) is 0 Å². The Kier molecular flexibility index (Phi) is 5.55. The van der Waals surface area contributed by atoms with Gasteiger partial charge in [-0.1, -0.05) is 29.8 Å². The molecule has 0 saturated carbocycles. The van der Waals surface area contributed by atoms with Gasteiger partial charge in [0, 0.05) is 31.9 Å². The van der Waals surface area contributed by atoms with Crippen LogP contribution in [0.5, 0.6) is 0 Å². The van der Waals surface area contributed by atoms with Crippen molar-refractivity contribution in [2.75, 3.05) is 20.6 Å². The number of rotatable bonds is 6. The maximum absolute atomic E-state index is 13.1. The van der Waals surface area contributed by atoms with Gasteiger partial charge >= 0.3 is 0 Å². The van der Waals surface area contributed by atoms with Crippen molar-refractivity contribution < 1.29 is 4.79 Å². The molecule has 0 radical (unpaired) electrons. The maximum atomic E-state index is 13.1. The van der Waals surface area contributed by atoms with Gasteiger partial charge in [0.05, 0.1) is 6.20 Å². The van der Waals surface area contributed by atoms with Gasteiger partial charge < -0.3 is 4.90 Å². The monoisotopic (exact) mass is 314 g/mol. The summed E-state index contributed by atoms with van der Waals surface area (Å²) in [6.07, 6.45) is 3.76. The zero-order valence-corrected chi connectivity index (χ0v) is 14.7. The van der Waals surface area contributed by atoms with Crippen LogP contribution in [0.15, 0.2) is 36.7 Å². The zero-order valence-electron chi connectivity index (χ0n) is 14.7. The van der Waals surface area contributed by atoms with E-state index in [-0.39, 0.29) is 11.9 Å². The summed E-state index contributed by atoms with van der Waals surface area (Å²) >= 11 is 0. The van der Waals surface area contributed by atoms with Crippen molar-refractivity contribution in [3.63, 3.8) is 0 Å². The molecule has 0 saturated heterocycles. The van der Waals surface area contributed by atoms with E-state index in [1.54, 1.807) is 4.68 Å². The van der Waals surface area contributed by atoms with Gasteiger partial charge in [0.1, 0.15) is 6.04 Å². The van der Waals surface area contributed by atoms with E-state index in [0.29, 0.717) is 13.1 Å². The molecule has 1 aromatic heterocycles. The van der Waals surface area contributed by atoms with Gasteiger partial charge in [0.2, 0.25) is 5.91 Å². The van der Waals surface area contributed by atoms with Crippen molar-refractivity contribution >= 4 is 5.91 Å². The third kappa shape index (κ3) is 4.20. The minimum Gasteiger partial charge on any atom is -0.337 e. The summed E-state index contributed by atoms with van der Waals surface area (Å²) in [6.45, 7) is 5.32. The van der Waals surface area contributed by atoms with Crippen LogP contribution in [0.4, 0.5) is 0 Å². The average Bonchev–Trinajstić information content (AvgIpc) is 2.91. The molecule has 0 aliphatic rings. The summed E-state index contributed by atoms with van der Waals surface area (Å²) in [5, 5.41) is 4.18. The second-order valence-corrected chi connectivity index (χ2v) is 6.15. The van der Waals surface area contributed by atoms with Gasteiger partial charge in [-0.05, 0) is 33.5 Å². The van der Waals surface area contributed by atoms with Crippen LogP contribution < -0.4 is 0 Å². The molecular formula is C18H26N4O. The summed E-state index contributed by atoms with van der Waals surface area (Å²) in [4.78, 5) is 16.9. The Morgan fingerprint density at radius 3 is 2.39 bits per heavy atom. The van der Waals surface area contributed by atoms with Crippen molar-refractivity contribution in [1.82, 2.24) is 19.6 Å². The second-order valence-electron chi connectivity index (χ2n) is 6.15. The molecule has 0 N–H and O–H groups in total. The number of benzene rings is 1. The van der Waals surface area contributed by atoms with Crippen molar-refractivity contribution in [3.05, 3.63) is 53.3 Å². The van der Waals surface area contributed by atoms with Gasteiger partial charge in [-0.2, -0.15) is 5.10 Å². The molecule has 1 aromatic carbocycles. The molecule has 0 aliphatic carbocycles. The highest BCUT2D eigenvalue weighted by atomic mass is 16.2. The van der Waals surface area contributed by atoms with Crippen LogP contribution in [0.2, 0.25) is 0 Å². The van der Waals surface area contributed by atoms with Crippen LogP contribution in [-0.4, -0.2) is 46.1 Å². The molecule has 2 aromatic rings. The van der Waals surface area contributed by atoms with E-state index in [0.717, 1.165) is 11.1 Å². The van der Waals surface area contributed by atoms with Gasteiger partial charge in [-0.3, -0.25) is 14.4 Å². The van der Waals surface area contributed by atoms with E-state index >= 15 is 0 Å². The van der Waals surface area contributed by atoms with E-state index in [1.807, 2.05) is 62.4 Å². The van der Waals surface area contributed by atoms with Crippen LogP contribution in [0.25, 0.3) is 0 Å². The Morgan fingerprint density at radius 1 is 1.26 bits per heavy atom. The van der Waals surface area contributed by atoms with Crippen molar-refractivity contribution in [2.24, 2.45) is 7.05 Å². The molecule has 1 amide bonds. The summed E-state index contributed by atoms with van der Waals surface area (Å²) in [6, 6.07) is 7.91. The summed E-state index contributed by atoms with van der Waals surface area (Å²) in [7, 11) is 5.78. The fourth-order valence-electron chi connectivity index (χ4n) is 2.70. The Labute approximate surface area is 138 Å². The highest BCUT2D eigenvalue weighted by molar-refractivity contribution is 5.83. The van der Waals surface area contributed by atoms with Crippen LogP contribution in [0.3, 0.4) is 0 Å². The highest BCUT2D eigenvalue weighted by Crippen LogP contribution is 2.22. The summed E-state index contributed by atoms with van der Waals surface area (Å²) in [5.74, 6) is 0.116. The average molecular weight is 314 g/mol. The largest absolute Gasteiger partial charge is 0.337 e. The Hall–Kier alpha value is -2.14. The molecule has 23 heavy (non-hydrogen) atoms. The molecule has 5 nitrogen and oxygen atoms in total. The van der Waals surface area contributed by atoms with Gasteiger partial charge in [-0.15, -0.1) is 0 Å². The fraction of sp³-hybridized carbons (Fsp3) is 0.444. The molecule has 0 spiro atoms. The predicted molar refractivity (Wildman–Crippen MR) is 91.9 cm³/mol. The minimum absolute atomic E-state index is 0.116. The SMILES string of the molecule is CCN(Cc1cnn(C)c1)C(=O)[C@H](c1ccc(C)cc1)N(C)C. The molecular weight excluding hydrogens is 288 g/mol. The van der Waals surface area contributed by atoms with Crippen LogP contribution >= 0.6 is 0 Å². The number of carbonyl (C=O) groups is 1. The van der Waals surface area contributed by atoms with Gasteiger partial charge in [-0.25, -0.2) is 0 Å². The van der Waals surface area contributed by atoms with Gasteiger partial charge in [0.15, 0.2) is 0 Å². The van der Waals surface area contributed by atoms with E-state index in [1.165, 1.54) is 5.56 Å². The fourth-order valence-corrected chi connectivity index (χ4v) is 2.70. The Balaban J connectivity index is 2.22. The standard InChI is InChI=1S/C18H26N4O/c1-6-22(13-15-11-19-21(5)12-15)18(23)17(20(3)4)16-9-7-14(2)8-10-16/h7-12,17H,6,13H2,1-5H3/t17-/m0/s1. The first kappa shape index (κ1) is 17.2. The lowest BCUT2D eigenvalue weighted by molar-refractivity contribution is -0.136. The van der Waals surface area contributed by atoms with E-state index in [9.17, 15) is 4.79 Å². The molecule has 2 rings (SSSR count). The van der Waals surface area contributed by atoms with Crippen LogP contribution in [-0.2, 0) is 18.4 Å². The molecule has 124 valence electrons. The van der Waals surface area contributed by atoms with E-state index in [4.69, 9.17) is 0 Å². The topological polar surface area (TPSA) is 41.4 Å². The Morgan fingerprint density at radius 2 is 1.91 bits per heavy atom. The molecule has 0 aliphatic heterocycles. The molecule has 0 unspecified atom stereocenters. The highest BCUT2D eigenvalue weighted by Gasteiger charge is 2.27. The van der Waals surface area contributed by atoms with Gasteiger partial charge in [0.25, 0.3) is 0 Å². The quantitative estimate of drug-likeness (QED) is 0.822. The minimum atomic E-state index is -0.271.